The highest BCUT2D eigenvalue weighted by Gasteiger charge is 2.07. The molecule has 2 aromatic rings. The maximum atomic E-state index is 5.91. The van der Waals surface area contributed by atoms with Crippen LogP contribution in [0.2, 0.25) is 0 Å². The Kier molecular flexibility index (Phi) is 2.37. The SMILES string of the molecule is CC(N)c1ccccc1-c1ccc[nH]1. The minimum atomic E-state index is 0.0644. The van der Waals surface area contributed by atoms with Gasteiger partial charge in [0.15, 0.2) is 0 Å². The molecule has 3 N–H and O–H groups in total. The molecule has 0 bridgehead atoms. The van der Waals surface area contributed by atoms with Crippen molar-refractivity contribution >= 4 is 0 Å². The van der Waals surface area contributed by atoms with Crippen molar-refractivity contribution in [2.24, 2.45) is 5.73 Å². The lowest BCUT2D eigenvalue weighted by Gasteiger charge is -2.10. The van der Waals surface area contributed by atoms with E-state index in [-0.39, 0.29) is 6.04 Å². The highest BCUT2D eigenvalue weighted by atomic mass is 14.7. The molecule has 1 atom stereocenters. The van der Waals surface area contributed by atoms with Crippen molar-refractivity contribution in [2.45, 2.75) is 13.0 Å². The van der Waals surface area contributed by atoms with Crippen molar-refractivity contribution in [3.05, 3.63) is 48.2 Å². The van der Waals surface area contributed by atoms with Gasteiger partial charge in [0.25, 0.3) is 0 Å². The van der Waals surface area contributed by atoms with Crippen LogP contribution in [0.15, 0.2) is 42.6 Å². The molecule has 0 radical (unpaired) electrons. The zero-order valence-corrected chi connectivity index (χ0v) is 8.20. The third-order valence-electron chi connectivity index (χ3n) is 2.34. The van der Waals surface area contributed by atoms with E-state index in [2.05, 4.69) is 23.2 Å². The van der Waals surface area contributed by atoms with E-state index in [1.165, 1.54) is 11.1 Å². The fraction of sp³-hybridized carbons (Fsp3) is 0.167. The predicted molar refractivity (Wildman–Crippen MR) is 58.8 cm³/mol. The molecule has 14 heavy (non-hydrogen) atoms. The molecule has 0 saturated carbocycles. The number of nitrogens with one attached hydrogen (secondary N) is 1. The predicted octanol–water partition coefficient (Wildman–Crippen LogP) is 2.70. The van der Waals surface area contributed by atoms with Crippen LogP contribution >= 0.6 is 0 Å². The molecule has 0 aliphatic rings. The van der Waals surface area contributed by atoms with Crippen LogP contribution in [0.3, 0.4) is 0 Å². The zero-order chi connectivity index (χ0) is 9.97. The van der Waals surface area contributed by atoms with E-state index < -0.39 is 0 Å². The summed E-state index contributed by atoms with van der Waals surface area (Å²) in [7, 11) is 0. The highest BCUT2D eigenvalue weighted by molar-refractivity contribution is 5.64. The molecule has 0 spiro atoms. The molecule has 72 valence electrons. The second-order valence-corrected chi connectivity index (χ2v) is 3.46. The second kappa shape index (κ2) is 3.68. The summed E-state index contributed by atoms with van der Waals surface area (Å²) in [5.74, 6) is 0. The molecular weight excluding hydrogens is 172 g/mol. The van der Waals surface area contributed by atoms with Gasteiger partial charge in [0.05, 0.1) is 0 Å². The molecule has 1 heterocycles. The van der Waals surface area contributed by atoms with Gasteiger partial charge in [-0.2, -0.15) is 0 Å². The topological polar surface area (TPSA) is 41.8 Å². The third-order valence-corrected chi connectivity index (χ3v) is 2.34. The smallest absolute Gasteiger partial charge is 0.0457 e. The normalized spacial score (nSPS) is 12.7. The van der Waals surface area contributed by atoms with Gasteiger partial charge >= 0.3 is 0 Å². The molecule has 1 unspecified atom stereocenters. The molecule has 1 aromatic carbocycles. The standard InChI is InChI=1S/C12H14N2/c1-9(13)10-5-2-3-6-11(10)12-7-4-8-14-12/h2-9,14H,13H2,1H3. The molecular formula is C12H14N2. The van der Waals surface area contributed by atoms with E-state index >= 15 is 0 Å². The number of aromatic nitrogens is 1. The molecule has 2 heteroatoms. The maximum absolute atomic E-state index is 5.91. The van der Waals surface area contributed by atoms with Crippen LogP contribution in [0, 0.1) is 0 Å². The van der Waals surface area contributed by atoms with Crippen LogP contribution in [-0.2, 0) is 0 Å². The number of H-pyrrole nitrogens is 1. The zero-order valence-electron chi connectivity index (χ0n) is 8.20. The van der Waals surface area contributed by atoms with Crippen molar-refractivity contribution in [1.29, 1.82) is 0 Å². The van der Waals surface area contributed by atoms with E-state index in [0.29, 0.717) is 0 Å². The number of nitrogens with two attached hydrogens (primary N) is 1. The molecule has 0 aliphatic heterocycles. The maximum Gasteiger partial charge on any atom is 0.0457 e. The molecule has 0 fully saturated rings. The van der Waals surface area contributed by atoms with Crippen LogP contribution < -0.4 is 5.73 Å². The van der Waals surface area contributed by atoms with Crippen molar-refractivity contribution in [3.8, 4) is 11.3 Å². The van der Waals surface area contributed by atoms with Crippen molar-refractivity contribution in [1.82, 2.24) is 4.98 Å². The minimum absolute atomic E-state index is 0.0644. The Labute approximate surface area is 83.8 Å². The Bertz CT molecular complexity index is 402. The van der Waals surface area contributed by atoms with Gasteiger partial charge in [-0.25, -0.2) is 0 Å². The van der Waals surface area contributed by atoms with Gasteiger partial charge in [0.2, 0.25) is 0 Å². The highest BCUT2D eigenvalue weighted by Crippen LogP contribution is 2.25. The first-order chi connectivity index (χ1) is 6.79. The summed E-state index contributed by atoms with van der Waals surface area (Å²) in [5, 5.41) is 0. The first-order valence-corrected chi connectivity index (χ1v) is 4.77. The Morgan fingerprint density at radius 1 is 1.14 bits per heavy atom. The number of hydrogen-bond donors (Lipinski definition) is 2. The van der Waals surface area contributed by atoms with E-state index in [9.17, 15) is 0 Å². The quantitative estimate of drug-likeness (QED) is 0.744. The minimum Gasteiger partial charge on any atom is -0.361 e. The van der Waals surface area contributed by atoms with Gasteiger partial charge in [-0.05, 0) is 24.6 Å². The van der Waals surface area contributed by atoms with Gasteiger partial charge < -0.3 is 10.7 Å². The lowest BCUT2D eigenvalue weighted by molar-refractivity contribution is 0.820. The lowest BCUT2D eigenvalue weighted by Crippen LogP contribution is -2.06. The molecule has 0 saturated heterocycles. The van der Waals surface area contributed by atoms with Gasteiger partial charge in [0.1, 0.15) is 0 Å². The van der Waals surface area contributed by atoms with Crippen molar-refractivity contribution < 1.29 is 0 Å². The Balaban J connectivity index is 2.53. The molecule has 0 amide bonds. The van der Waals surface area contributed by atoms with Crippen LogP contribution in [0.25, 0.3) is 11.3 Å². The van der Waals surface area contributed by atoms with Gasteiger partial charge in [-0.3, -0.25) is 0 Å². The van der Waals surface area contributed by atoms with E-state index in [1.54, 1.807) is 0 Å². The van der Waals surface area contributed by atoms with E-state index in [4.69, 9.17) is 5.73 Å². The monoisotopic (exact) mass is 186 g/mol. The summed E-state index contributed by atoms with van der Waals surface area (Å²) in [4.78, 5) is 3.19. The first-order valence-electron chi connectivity index (χ1n) is 4.77. The number of aromatic amines is 1. The van der Waals surface area contributed by atoms with Crippen LogP contribution in [0.5, 0.6) is 0 Å². The summed E-state index contributed by atoms with van der Waals surface area (Å²) in [5.41, 5.74) is 9.39. The number of rotatable bonds is 2. The molecule has 1 aromatic heterocycles. The fourth-order valence-electron chi connectivity index (χ4n) is 1.64. The average Bonchev–Trinajstić information content (AvgIpc) is 2.70. The van der Waals surface area contributed by atoms with Crippen molar-refractivity contribution in [2.75, 3.05) is 0 Å². The van der Waals surface area contributed by atoms with Crippen LogP contribution in [0.4, 0.5) is 0 Å². The van der Waals surface area contributed by atoms with Gasteiger partial charge in [0, 0.05) is 23.5 Å². The van der Waals surface area contributed by atoms with Crippen LogP contribution in [-0.4, -0.2) is 4.98 Å². The first kappa shape index (κ1) is 9.03. The van der Waals surface area contributed by atoms with Crippen LogP contribution in [0.1, 0.15) is 18.5 Å². The summed E-state index contributed by atoms with van der Waals surface area (Å²) >= 11 is 0. The number of benzene rings is 1. The Hall–Kier alpha value is -1.54. The van der Waals surface area contributed by atoms with E-state index in [0.717, 1.165) is 5.69 Å². The number of hydrogen-bond acceptors (Lipinski definition) is 1. The molecule has 2 rings (SSSR count). The Morgan fingerprint density at radius 2 is 1.93 bits per heavy atom. The third kappa shape index (κ3) is 1.56. The largest absolute Gasteiger partial charge is 0.361 e. The lowest BCUT2D eigenvalue weighted by atomic mass is 10.00. The summed E-state index contributed by atoms with van der Waals surface area (Å²) in [6.07, 6.45) is 1.92. The molecule has 2 nitrogen and oxygen atoms in total. The average molecular weight is 186 g/mol. The second-order valence-electron chi connectivity index (χ2n) is 3.46. The fourth-order valence-corrected chi connectivity index (χ4v) is 1.64. The molecule has 0 aliphatic carbocycles. The summed E-state index contributed by atoms with van der Waals surface area (Å²) < 4.78 is 0. The van der Waals surface area contributed by atoms with Gasteiger partial charge in [-0.15, -0.1) is 0 Å². The Morgan fingerprint density at radius 3 is 2.57 bits per heavy atom. The summed E-state index contributed by atoms with van der Waals surface area (Å²) in [6, 6.07) is 12.3. The van der Waals surface area contributed by atoms with E-state index in [1.807, 2.05) is 31.3 Å². The van der Waals surface area contributed by atoms with Crippen molar-refractivity contribution in [3.63, 3.8) is 0 Å². The van der Waals surface area contributed by atoms with Gasteiger partial charge in [-0.1, -0.05) is 24.3 Å². The summed E-state index contributed by atoms with van der Waals surface area (Å²) in [6.45, 7) is 2.00.